The van der Waals surface area contributed by atoms with E-state index in [1.165, 1.54) is 0 Å². The van der Waals surface area contributed by atoms with Crippen LogP contribution in [0.25, 0.3) is 0 Å². The molecule has 0 unspecified atom stereocenters. The minimum absolute atomic E-state index is 0.174. The lowest BCUT2D eigenvalue weighted by Crippen LogP contribution is -2.12. The summed E-state index contributed by atoms with van der Waals surface area (Å²) in [6.45, 7) is 1.88. The third-order valence-electron chi connectivity index (χ3n) is 2.12. The van der Waals surface area contributed by atoms with Gasteiger partial charge in [0.2, 0.25) is 0 Å². The summed E-state index contributed by atoms with van der Waals surface area (Å²) >= 11 is 6.34. The largest absolute Gasteiger partial charge is 0.466 e. The van der Waals surface area contributed by atoms with E-state index in [2.05, 4.69) is 36.8 Å². The summed E-state index contributed by atoms with van der Waals surface area (Å²) in [6.07, 6.45) is -2.95. The van der Waals surface area contributed by atoms with Gasteiger partial charge in [0.15, 0.2) is 0 Å². The molecule has 1 rings (SSSR count). The van der Waals surface area contributed by atoms with Gasteiger partial charge in [0.25, 0.3) is 6.43 Å². The van der Waals surface area contributed by atoms with Gasteiger partial charge in [-0.25, -0.2) is 8.78 Å². The van der Waals surface area contributed by atoms with Crippen LogP contribution in [0.5, 0.6) is 0 Å². The Morgan fingerprint density at radius 3 is 2.72 bits per heavy atom. The normalized spacial score (nSPS) is 10.8. The Bertz CT molecular complexity index is 441. The van der Waals surface area contributed by atoms with Crippen LogP contribution in [0, 0.1) is 0 Å². The van der Waals surface area contributed by atoms with E-state index >= 15 is 0 Å². The van der Waals surface area contributed by atoms with Crippen LogP contribution in [0.15, 0.2) is 10.5 Å². The molecule has 0 N–H and O–H groups in total. The number of carbonyl (C=O) groups is 1. The predicted octanol–water partition coefficient (Wildman–Crippen LogP) is 3.78. The van der Waals surface area contributed by atoms with Crippen molar-refractivity contribution in [1.82, 2.24) is 4.98 Å². The molecule has 0 atom stereocenters. The average Bonchev–Trinajstić information content (AvgIpc) is 2.31. The number of alkyl halides is 3. The van der Waals surface area contributed by atoms with Crippen LogP contribution in [-0.2, 0) is 21.3 Å². The molecule has 0 saturated carbocycles. The number of aromatic nitrogens is 1. The highest BCUT2D eigenvalue weighted by Crippen LogP contribution is 2.29. The number of halogens is 4. The summed E-state index contributed by atoms with van der Waals surface area (Å²) in [4.78, 5) is 15.2. The van der Waals surface area contributed by atoms with Gasteiger partial charge in [-0.2, -0.15) is 0 Å². The predicted molar refractivity (Wildman–Crippen MR) is 69.9 cm³/mol. The molecule has 1 heterocycles. The SMILES string of the molecule is CCOC(=O)Cc1c(Br)cc(CBr)nc1C(F)F. The van der Waals surface area contributed by atoms with Crippen LogP contribution in [-0.4, -0.2) is 17.6 Å². The number of hydrogen-bond acceptors (Lipinski definition) is 3. The maximum Gasteiger partial charge on any atom is 0.310 e. The lowest BCUT2D eigenvalue weighted by molar-refractivity contribution is -0.142. The number of pyridine rings is 1. The molecule has 0 aliphatic heterocycles. The van der Waals surface area contributed by atoms with Crippen LogP contribution in [0.2, 0.25) is 0 Å². The number of nitrogens with zero attached hydrogens (tertiary/aromatic N) is 1. The van der Waals surface area contributed by atoms with Crippen molar-refractivity contribution in [3.8, 4) is 0 Å². The molecule has 0 aliphatic carbocycles. The van der Waals surface area contributed by atoms with Crippen molar-refractivity contribution >= 4 is 37.8 Å². The van der Waals surface area contributed by atoms with Gasteiger partial charge >= 0.3 is 5.97 Å². The second-order valence-electron chi connectivity index (χ2n) is 3.38. The first-order valence-corrected chi connectivity index (χ1v) is 7.09. The van der Waals surface area contributed by atoms with Crippen LogP contribution in [0.4, 0.5) is 8.78 Å². The highest BCUT2D eigenvalue weighted by Gasteiger charge is 2.21. The summed E-state index contributed by atoms with van der Waals surface area (Å²) in [5.41, 5.74) is 0.268. The van der Waals surface area contributed by atoms with Gasteiger partial charge in [-0.3, -0.25) is 9.78 Å². The minimum atomic E-state index is -2.73. The number of esters is 1. The van der Waals surface area contributed by atoms with Gasteiger partial charge in [-0.15, -0.1) is 0 Å². The molecule has 0 aliphatic rings. The first kappa shape index (κ1) is 15.5. The lowest BCUT2D eigenvalue weighted by Gasteiger charge is -2.11. The van der Waals surface area contributed by atoms with E-state index < -0.39 is 12.4 Å². The molecule has 1 aromatic rings. The molecule has 0 radical (unpaired) electrons. The molecule has 18 heavy (non-hydrogen) atoms. The van der Waals surface area contributed by atoms with Gasteiger partial charge in [0.1, 0.15) is 5.69 Å². The second kappa shape index (κ2) is 7.13. The molecule has 0 saturated heterocycles. The van der Waals surface area contributed by atoms with E-state index in [0.29, 0.717) is 15.5 Å². The van der Waals surface area contributed by atoms with Crippen LogP contribution in [0.1, 0.15) is 30.3 Å². The van der Waals surface area contributed by atoms with Crippen molar-refractivity contribution in [2.75, 3.05) is 6.61 Å². The summed E-state index contributed by atoms with van der Waals surface area (Å²) in [5, 5.41) is 0.366. The lowest BCUT2D eigenvalue weighted by atomic mass is 10.1. The van der Waals surface area contributed by atoms with Crippen molar-refractivity contribution in [3.05, 3.63) is 27.5 Å². The van der Waals surface area contributed by atoms with E-state index in [4.69, 9.17) is 4.74 Å². The van der Waals surface area contributed by atoms with Crippen molar-refractivity contribution in [3.63, 3.8) is 0 Å². The molecular weight excluding hydrogens is 376 g/mol. The second-order valence-corrected chi connectivity index (χ2v) is 4.79. The molecule has 0 fully saturated rings. The van der Waals surface area contributed by atoms with Crippen molar-refractivity contribution in [2.45, 2.75) is 25.1 Å². The zero-order valence-electron chi connectivity index (χ0n) is 9.55. The maximum absolute atomic E-state index is 12.9. The minimum Gasteiger partial charge on any atom is -0.466 e. The molecular formula is C11H11Br2F2NO2. The highest BCUT2D eigenvalue weighted by molar-refractivity contribution is 9.10. The Labute approximate surface area is 120 Å². The van der Waals surface area contributed by atoms with Crippen LogP contribution >= 0.6 is 31.9 Å². The van der Waals surface area contributed by atoms with Gasteiger partial charge in [-0.05, 0) is 13.0 Å². The Hall–Kier alpha value is -0.560. The fraction of sp³-hybridized carbons (Fsp3) is 0.455. The first-order valence-electron chi connectivity index (χ1n) is 5.17. The summed E-state index contributed by atoms with van der Waals surface area (Å²) in [5.74, 6) is -0.548. The molecule has 1 aromatic heterocycles. The molecule has 3 nitrogen and oxygen atoms in total. The van der Waals surface area contributed by atoms with Crippen molar-refractivity contribution < 1.29 is 18.3 Å². The summed E-state index contributed by atoms with van der Waals surface area (Å²) < 4.78 is 31.0. The standard InChI is InChI=1S/C11H11Br2F2NO2/c1-2-18-9(17)4-7-8(13)3-6(5-12)16-10(7)11(14)15/h3,11H,2,4-5H2,1H3. The van der Waals surface area contributed by atoms with Gasteiger partial charge < -0.3 is 4.74 Å². The fourth-order valence-corrected chi connectivity index (χ4v) is 2.29. The van der Waals surface area contributed by atoms with E-state index in [9.17, 15) is 13.6 Å². The zero-order valence-corrected chi connectivity index (χ0v) is 12.7. The van der Waals surface area contributed by atoms with Crippen molar-refractivity contribution in [1.29, 1.82) is 0 Å². The van der Waals surface area contributed by atoms with E-state index in [0.717, 1.165) is 0 Å². The first-order chi connectivity index (χ1) is 8.49. The molecule has 7 heteroatoms. The topological polar surface area (TPSA) is 39.2 Å². The monoisotopic (exact) mass is 385 g/mol. The van der Waals surface area contributed by atoms with E-state index in [1.54, 1.807) is 13.0 Å². The molecule has 0 spiro atoms. The Kier molecular flexibility index (Phi) is 6.14. The molecule has 0 aromatic carbocycles. The Morgan fingerprint density at radius 1 is 1.56 bits per heavy atom. The van der Waals surface area contributed by atoms with E-state index in [1.807, 2.05) is 0 Å². The number of hydrogen-bond donors (Lipinski definition) is 0. The van der Waals surface area contributed by atoms with Crippen LogP contribution in [0.3, 0.4) is 0 Å². The number of carbonyl (C=O) groups excluding carboxylic acids is 1. The smallest absolute Gasteiger partial charge is 0.310 e. The third-order valence-corrected chi connectivity index (χ3v) is 3.41. The highest BCUT2D eigenvalue weighted by atomic mass is 79.9. The van der Waals surface area contributed by atoms with Crippen molar-refractivity contribution in [2.24, 2.45) is 0 Å². The average molecular weight is 387 g/mol. The third kappa shape index (κ3) is 3.98. The Balaban J connectivity index is 3.12. The number of ether oxygens (including phenoxy) is 1. The zero-order chi connectivity index (χ0) is 13.7. The molecule has 0 amide bonds. The molecule has 100 valence electrons. The summed E-state index contributed by atoms with van der Waals surface area (Å²) in [7, 11) is 0. The summed E-state index contributed by atoms with van der Waals surface area (Å²) in [6, 6.07) is 1.61. The maximum atomic E-state index is 12.9. The number of rotatable bonds is 5. The van der Waals surface area contributed by atoms with Crippen LogP contribution < -0.4 is 0 Å². The van der Waals surface area contributed by atoms with Gasteiger partial charge in [0.05, 0.1) is 18.7 Å². The van der Waals surface area contributed by atoms with E-state index in [-0.39, 0.29) is 24.3 Å². The van der Waals surface area contributed by atoms with Gasteiger partial charge in [-0.1, -0.05) is 31.9 Å². The quantitative estimate of drug-likeness (QED) is 0.571. The Morgan fingerprint density at radius 2 is 2.22 bits per heavy atom. The van der Waals surface area contributed by atoms with Gasteiger partial charge in [0, 0.05) is 15.4 Å². The molecule has 0 bridgehead atoms. The fourth-order valence-electron chi connectivity index (χ4n) is 1.39.